The normalized spacial score (nSPS) is 11.8. The first-order chi connectivity index (χ1) is 16.2. The van der Waals surface area contributed by atoms with E-state index in [4.69, 9.17) is 9.47 Å². The van der Waals surface area contributed by atoms with Crippen molar-refractivity contribution in [3.63, 3.8) is 0 Å². The Hall–Kier alpha value is -2.29. The number of ether oxygens (including phenoxy) is 2. The van der Waals surface area contributed by atoms with Gasteiger partial charge in [0.15, 0.2) is 0 Å². The van der Waals surface area contributed by atoms with Gasteiger partial charge in [0.1, 0.15) is 18.5 Å². The smallest absolute Gasteiger partial charge is 0.306 e. The van der Waals surface area contributed by atoms with Crippen LogP contribution in [-0.2, 0) is 16.1 Å². The summed E-state index contributed by atoms with van der Waals surface area (Å²) in [6.45, 7) is 4.69. The number of rotatable bonds is 18. The van der Waals surface area contributed by atoms with Gasteiger partial charge in [-0.1, -0.05) is 126 Å². The van der Waals surface area contributed by atoms with Gasteiger partial charge < -0.3 is 9.47 Å². The second-order valence-corrected chi connectivity index (χ2v) is 9.08. The average molecular weight is 453 g/mol. The van der Waals surface area contributed by atoms with Crippen molar-refractivity contribution in [1.29, 1.82) is 0 Å². The third-order valence-corrected chi connectivity index (χ3v) is 6.14. The van der Waals surface area contributed by atoms with Gasteiger partial charge in [0, 0.05) is 12.0 Å². The predicted molar refractivity (Wildman–Crippen MR) is 137 cm³/mol. The molecule has 0 aliphatic heterocycles. The Balaban J connectivity index is 1.58. The summed E-state index contributed by atoms with van der Waals surface area (Å²) in [5, 5.41) is 0. The van der Waals surface area contributed by atoms with Gasteiger partial charge in [-0.25, -0.2) is 0 Å². The Morgan fingerprint density at radius 1 is 0.727 bits per heavy atom. The molecule has 2 rings (SSSR count). The van der Waals surface area contributed by atoms with E-state index < -0.39 is 0 Å². The Morgan fingerprint density at radius 3 is 1.91 bits per heavy atom. The predicted octanol–water partition coefficient (Wildman–Crippen LogP) is 8.96. The Kier molecular flexibility index (Phi) is 14.1. The fourth-order valence-electron chi connectivity index (χ4n) is 4.11. The van der Waals surface area contributed by atoms with E-state index in [1.807, 2.05) is 61.5 Å². The number of hydrogen-bond donors (Lipinski definition) is 0. The largest absolute Gasteiger partial charge is 0.488 e. The third-order valence-electron chi connectivity index (χ3n) is 6.14. The number of hydrogen-bond acceptors (Lipinski definition) is 3. The number of para-hydroxylation sites is 1. The second kappa shape index (κ2) is 17.2. The molecule has 0 heterocycles. The lowest BCUT2D eigenvalue weighted by Gasteiger charge is -2.18. The number of carbonyl (C=O) groups is 1. The molecule has 33 heavy (non-hydrogen) atoms. The van der Waals surface area contributed by atoms with E-state index >= 15 is 0 Å². The molecular formula is C30H44O3. The van der Waals surface area contributed by atoms with Crippen LogP contribution < -0.4 is 4.74 Å². The van der Waals surface area contributed by atoms with E-state index in [9.17, 15) is 4.79 Å². The lowest BCUT2D eigenvalue weighted by molar-refractivity contribution is -0.148. The van der Waals surface area contributed by atoms with Gasteiger partial charge in [0.05, 0.1) is 0 Å². The number of esters is 1. The minimum atomic E-state index is -0.318. The van der Waals surface area contributed by atoms with Crippen LogP contribution in [0.1, 0.15) is 115 Å². The maximum atomic E-state index is 12.3. The molecule has 2 aromatic rings. The highest BCUT2D eigenvalue weighted by molar-refractivity contribution is 5.69. The van der Waals surface area contributed by atoms with Crippen LogP contribution in [0.25, 0.3) is 0 Å². The summed E-state index contributed by atoms with van der Waals surface area (Å²) in [7, 11) is 0. The van der Waals surface area contributed by atoms with Crippen molar-refractivity contribution < 1.29 is 14.3 Å². The van der Waals surface area contributed by atoms with Crippen molar-refractivity contribution in [2.24, 2.45) is 0 Å². The number of unbranched alkanes of at least 4 members (excludes halogenated alkanes) is 11. The Labute approximate surface area is 201 Å². The zero-order chi connectivity index (χ0) is 23.6. The second-order valence-electron chi connectivity index (χ2n) is 9.08. The molecule has 1 unspecified atom stereocenters. The molecule has 3 nitrogen and oxygen atoms in total. The highest BCUT2D eigenvalue weighted by Crippen LogP contribution is 2.28. The topological polar surface area (TPSA) is 35.5 Å². The van der Waals surface area contributed by atoms with Crippen LogP contribution in [0, 0.1) is 0 Å². The fourth-order valence-corrected chi connectivity index (χ4v) is 4.11. The van der Waals surface area contributed by atoms with E-state index in [-0.39, 0.29) is 12.1 Å². The molecule has 0 bridgehead atoms. The zero-order valence-corrected chi connectivity index (χ0v) is 20.9. The van der Waals surface area contributed by atoms with Gasteiger partial charge in [0.2, 0.25) is 0 Å². The zero-order valence-electron chi connectivity index (χ0n) is 20.9. The summed E-state index contributed by atoms with van der Waals surface area (Å²) in [5.41, 5.74) is 2.03. The highest BCUT2D eigenvalue weighted by atomic mass is 16.5. The van der Waals surface area contributed by atoms with E-state index in [0.29, 0.717) is 13.0 Å². The van der Waals surface area contributed by atoms with Crippen molar-refractivity contribution in [1.82, 2.24) is 0 Å². The van der Waals surface area contributed by atoms with Crippen LogP contribution in [0.2, 0.25) is 0 Å². The molecule has 0 amide bonds. The molecule has 0 aromatic heterocycles. The van der Waals surface area contributed by atoms with Crippen LogP contribution in [0.15, 0.2) is 54.6 Å². The molecule has 0 aliphatic rings. The van der Waals surface area contributed by atoms with E-state index in [2.05, 4.69) is 6.92 Å². The molecule has 0 N–H and O–H groups in total. The number of carbonyl (C=O) groups excluding carboxylic acids is 1. The summed E-state index contributed by atoms with van der Waals surface area (Å²) in [6, 6.07) is 17.9. The van der Waals surface area contributed by atoms with Crippen molar-refractivity contribution >= 4 is 5.97 Å². The lowest BCUT2D eigenvalue weighted by Crippen LogP contribution is -2.10. The summed E-state index contributed by atoms with van der Waals surface area (Å²) in [4.78, 5) is 12.3. The quantitative estimate of drug-likeness (QED) is 0.167. The molecule has 2 aromatic carbocycles. The van der Waals surface area contributed by atoms with Gasteiger partial charge in [-0.3, -0.25) is 4.79 Å². The third kappa shape index (κ3) is 11.9. The summed E-state index contributed by atoms with van der Waals surface area (Å²) in [5.74, 6) is 0.652. The minimum Gasteiger partial charge on any atom is -0.488 e. The van der Waals surface area contributed by atoms with Gasteiger partial charge >= 0.3 is 5.97 Å². The molecule has 0 saturated carbocycles. The molecular weight excluding hydrogens is 408 g/mol. The Morgan fingerprint density at radius 2 is 1.27 bits per heavy atom. The highest BCUT2D eigenvalue weighted by Gasteiger charge is 2.16. The van der Waals surface area contributed by atoms with Crippen molar-refractivity contribution in [2.45, 2.75) is 110 Å². The van der Waals surface area contributed by atoms with Crippen molar-refractivity contribution in [3.05, 3.63) is 65.7 Å². The molecule has 0 spiro atoms. The van der Waals surface area contributed by atoms with E-state index in [0.717, 1.165) is 29.7 Å². The molecule has 182 valence electrons. The monoisotopic (exact) mass is 452 g/mol. The number of benzene rings is 2. The molecule has 1 atom stereocenters. The van der Waals surface area contributed by atoms with Crippen molar-refractivity contribution in [2.75, 3.05) is 0 Å². The average Bonchev–Trinajstić information content (AvgIpc) is 2.84. The molecule has 0 fully saturated rings. The van der Waals surface area contributed by atoms with Crippen LogP contribution in [0.5, 0.6) is 5.75 Å². The summed E-state index contributed by atoms with van der Waals surface area (Å²) < 4.78 is 11.7. The van der Waals surface area contributed by atoms with Crippen molar-refractivity contribution in [3.8, 4) is 5.75 Å². The molecule has 0 saturated heterocycles. The Bertz CT molecular complexity index is 756. The standard InChI is InChI=1S/C30H44O3/c1-3-4-5-6-7-8-9-10-11-12-13-17-24-30(31)33-26(2)28-22-18-19-23-29(28)32-25-27-20-15-14-16-21-27/h14-16,18-23,26H,3-13,17,24-25H2,1-2H3. The molecule has 3 heteroatoms. The maximum absolute atomic E-state index is 12.3. The van der Waals surface area contributed by atoms with Gasteiger partial charge in [-0.15, -0.1) is 0 Å². The summed E-state index contributed by atoms with van der Waals surface area (Å²) >= 11 is 0. The van der Waals surface area contributed by atoms with Crippen LogP contribution in [0.4, 0.5) is 0 Å². The fraction of sp³-hybridized carbons (Fsp3) is 0.567. The van der Waals surface area contributed by atoms with Gasteiger partial charge in [0.25, 0.3) is 0 Å². The van der Waals surface area contributed by atoms with Gasteiger partial charge in [-0.2, -0.15) is 0 Å². The van der Waals surface area contributed by atoms with Crippen LogP contribution in [-0.4, -0.2) is 5.97 Å². The summed E-state index contributed by atoms with van der Waals surface area (Å²) in [6.07, 6.45) is 15.7. The maximum Gasteiger partial charge on any atom is 0.306 e. The van der Waals surface area contributed by atoms with E-state index in [1.165, 1.54) is 64.2 Å². The van der Waals surface area contributed by atoms with Gasteiger partial charge in [-0.05, 0) is 25.0 Å². The first kappa shape index (κ1) is 27.0. The van der Waals surface area contributed by atoms with Crippen LogP contribution >= 0.6 is 0 Å². The van der Waals surface area contributed by atoms with Crippen LogP contribution in [0.3, 0.4) is 0 Å². The first-order valence-corrected chi connectivity index (χ1v) is 13.2. The minimum absolute atomic E-state index is 0.118. The lowest BCUT2D eigenvalue weighted by atomic mass is 10.0. The molecule has 0 radical (unpaired) electrons. The molecule has 0 aliphatic carbocycles. The first-order valence-electron chi connectivity index (χ1n) is 13.2. The SMILES string of the molecule is CCCCCCCCCCCCCCC(=O)OC(C)c1ccccc1OCc1ccccc1. The van der Waals surface area contributed by atoms with E-state index in [1.54, 1.807) is 0 Å².